The van der Waals surface area contributed by atoms with Gasteiger partial charge in [-0.1, -0.05) is 18.0 Å². The summed E-state index contributed by atoms with van der Waals surface area (Å²) in [5, 5.41) is 0.377. The van der Waals surface area contributed by atoms with Crippen LogP contribution in [0.2, 0.25) is 5.15 Å². The Balaban J connectivity index is 1.75. The first kappa shape index (κ1) is 16.1. The molecule has 1 spiro atoms. The highest BCUT2D eigenvalue weighted by atomic mass is 35.5. The van der Waals surface area contributed by atoms with Crippen molar-refractivity contribution in [1.82, 2.24) is 9.97 Å². The molecule has 1 aromatic heterocycles. The van der Waals surface area contributed by atoms with Crippen molar-refractivity contribution >= 4 is 23.3 Å². The summed E-state index contributed by atoms with van der Waals surface area (Å²) in [7, 11) is 3.21. The first-order chi connectivity index (χ1) is 12.1. The maximum absolute atomic E-state index is 13.2. The second kappa shape index (κ2) is 5.88. The molecule has 2 heterocycles. The van der Waals surface area contributed by atoms with E-state index < -0.39 is 5.41 Å². The molecule has 2 aliphatic rings. The molecule has 0 atom stereocenters. The van der Waals surface area contributed by atoms with Crippen LogP contribution in [0.5, 0.6) is 11.5 Å². The molecule has 1 aliphatic heterocycles. The number of rotatable bonds is 4. The van der Waals surface area contributed by atoms with E-state index >= 15 is 0 Å². The van der Waals surface area contributed by atoms with Crippen LogP contribution < -0.4 is 14.4 Å². The van der Waals surface area contributed by atoms with Gasteiger partial charge in [0, 0.05) is 17.2 Å². The molecule has 0 radical (unpaired) electrons. The number of carbonyl (C=O) groups excluding carboxylic acids is 1. The lowest BCUT2D eigenvalue weighted by molar-refractivity contribution is -0.126. The molecular formula is C18H18ClN3O3. The number of carbonyl (C=O) groups is 1. The Labute approximate surface area is 150 Å². The van der Waals surface area contributed by atoms with E-state index in [0.717, 1.165) is 30.4 Å². The number of hydrogen-bond donors (Lipinski definition) is 0. The van der Waals surface area contributed by atoms with Crippen molar-refractivity contribution in [2.75, 3.05) is 19.1 Å². The van der Waals surface area contributed by atoms with E-state index in [1.54, 1.807) is 19.1 Å². The minimum Gasteiger partial charge on any atom is -0.497 e. The van der Waals surface area contributed by atoms with Gasteiger partial charge in [0.05, 0.1) is 26.2 Å². The van der Waals surface area contributed by atoms with E-state index in [1.165, 1.54) is 6.33 Å². The molecule has 1 saturated carbocycles. The number of methoxy groups -OCH3 is 2. The van der Waals surface area contributed by atoms with Crippen molar-refractivity contribution in [1.29, 1.82) is 0 Å². The molecule has 0 bridgehead atoms. The highest BCUT2D eigenvalue weighted by Crippen LogP contribution is 2.54. The van der Waals surface area contributed by atoms with Gasteiger partial charge in [-0.3, -0.25) is 9.69 Å². The number of fused-ring (bicyclic) bond motifs is 2. The Morgan fingerprint density at radius 1 is 1.24 bits per heavy atom. The van der Waals surface area contributed by atoms with Gasteiger partial charge in [0.15, 0.2) is 0 Å². The summed E-state index contributed by atoms with van der Waals surface area (Å²) in [6.07, 6.45) is 4.00. The van der Waals surface area contributed by atoms with Crippen molar-refractivity contribution in [3.63, 3.8) is 0 Å². The number of amides is 1. The lowest BCUT2D eigenvalue weighted by Gasteiger charge is -2.36. The zero-order valence-corrected chi connectivity index (χ0v) is 14.8. The van der Waals surface area contributed by atoms with E-state index in [4.69, 9.17) is 21.1 Å². The first-order valence-electron chi connectivity index (χ1n) is 8.14. The number of nitrogens with zero attached hydrogens (tertiary/aromatic N) is 3. The average molecular weight is 360 g/mol. The fourth-order valence-corrected chi connectivity index (χ4v) is 4.04. The standard InChI is InChI=1S/C18H18ClN3O3/c1-24-12-5-4-11(13(8-12)25-2)9-22-16-14(15(19)20-10-21-16)18(17(22)23)6-3-7-18/h4-5,8,10H,3,6-7,9H2,1-2H3. The molecule has 1 aliphatic carbocycles. The van der Waals surface area contributed by atoms with Gasteiger partial charge >= 0.3 is 0 Å². The highest BCUT2D eigenvalue weighted by molar-refractivity contribution is 6.32. The summed E-state index contributed by atoms with van der Waals surface area (Å²) in [6.45, 7) is 0.369. The van der Waals surface area contributed by atoms with Crippen molar-refractivity contribution in [2.45, 2.75) is 31.2 Å². The van der Waals surface area contributed by atoms with Crippen LogP contribution in [0.1, 0.15) is 30.4 Å². The summed E-state index contributed by atoms with van der Waals surface area (Å²) >= 11 is 6.33. The Kier molecular flexibility index (Phi) is 3.80. The summed E-state index contributed by atoms with van der Waals surface area (Å²) in [5.41, 5.74) is 1.11. The fraction of sp³-hybridized carbons (Fsp3) is 0.389. The lowest BCUT2D eigenvalue weighted by atomic mass is 9.66. The van der Waals surface area contributed by atoms with Crippen LogP contribution in [0.3, 0.4) is 0 Å². The fourth-order valence-electron chi connectivity index (χ4n) is 3.73. The SMILES string of the molecule is COc1ccc(CN2C(=O)C3(CCC3)c3c(Cl)ncnc32)c(OC)c1. The number of benzene rings is 1. The number of ether oxygens (including phenoxy) is 2. The van der Waals surface area contributed by atoms with E-state index in [9.17, 15) is 4.79 Å². The van der Waals surface area contributed by atoms with Gasteiger partial charge in [-0.15, -0.1) is 0 Å². The summed E-state index contributed by atoms with van der Waals surface area (Å²) in [5.74, 6) is 2.04. The molecule has 0 saturated heterocycles. The molecule has 130 valence electrons. The van der Waals surface area contributed by atoms with Crippen LogP contribution in [-0.4, -0.2) is 30.1 Å². The van der Waals surface area contributed by atoms with E-state index in [1.807, 2.05) is 18.2 Å². The monoisotopic (exact) mass is 359 g/mol. The predicted molar refractivity (Wildman–Crippen MR) is 93.3 cm³/mol. The number of hydrogen-bond acceptors (Lipinski definition) is 5. The van der Waals surface area contributed by atoms with E-state index in [-0.39, 0.29) is 5.91 Å². The normalized spacial score (nSPS) is 17.4. The molecule has 0 N–H and O–H groups in total. The summed E-state index contributed by atoms with van der Waals surface area (Å²) in [4.78, 5) is 23.3. The second-order valence-electron chi connectivity index (χ2n) is 6.37. The third-order valence-electron chi connectivity index (χ3n) is 5.20. The third kappa shape index (κ3) is 2.28. The number of halogens is 1. The quantitative estimate of drug-likeness (QED) is 0.785. The van der Waals surface area contributed by atoms with Crippen LogP contribution in [0, 0.1) is 0 Å². The van der Waals surface area contributed by atoms with Gasteiger partial charge in [0.1, 0.15) is 28.8 Å². The topological polar surface area (TPSA) is 64.5 Å². The van der Waals surface area contributed by atoms with Crippen molar-refractivity contribution in [2.24, 2.45) is 0 Å². The van der Waals surface area contributed by atoms with Crippen molar-refractivity contribution in [3.05, 3.63) is 40.8 Å². The van der Waals surface area contributed by atoms with Gasteiger partial charge in [0.2, 0.25) is 5.91 Å². The Bertz CT molecular complexity index is 851. The van der Waals surface area contributed by atoms with Gasteiger partial charge in [-0.2, -0.15) is 0 Å². The zero-order valence-electron chi connectivity index (χ0n) is 14.1. The Morgan fingerprint density at radius 2 is 2.04 bits per heavy atom. The average Bonchev–Trinajstić information content (AvgIpc) is 2.85. The van der Waals surface area contributed by atoms with E-state index in [2.05, 4.69) is 9.97 Å². The minimum atomic E-state index is -0.548. The maximum atomic E-state index is 13.2. The van der Waals surface area contributed by atoms with E-state index in [0.29, 0.717) is 29.0 Å². The van der Waals surface area contributed by atoms with Crippen LogP contribution in [0.15, 0.2) is 24.5 Å². The second-order valence-corrected chi connectivity index (χ2v) is 6.73. The van der Waals surface area contributed by atoms with Crippen LogP contribution in [-0.2, 0) is 16.8 Å². The highest BCUT2D eigenvalue weighted by Gasteiger charge is 2.56. The molecule has 0 unspecified atom stereocenters. The third-order valence-corrected chi connectivity index (χ3v) is 5.49. The minimum absolute atomic E-state index is 0.0500. The Hall–Kier alpha value is -2.34. The first-order valence-corrected chi connectivity index (χ1v) is 8.52. The van der Waals surface area contributed by atoms with Crippen molar-refractivity contribution in [3.8, 4) is 11.5 Å². The van der Waals surface area contributed by atoms with Gasteiger partial charge in [0.25, 0.3) is 0 Å². The molecule has 7 heteroatoms. The van der Waals surface area contributed by atoms with Crippen LogP contribution in [0.4, 0.5) is 5.82 Å². The molecule has 4 rings (SSSR count). The molecule has 1 amide bonds. The predicted octanol–water partition coefficient (Wildman–Crippen LogP) is 3.12. The number of aromatic nitrogens is 2. The molecular weight excluding hydrogens is 342 g/mol. The molecule has 2 aromatic rings. The smallest absolute Gasteiger partial charge is 0.239 e. The molecule has 1 aromatic carbocycles. The molecule has 1 fully saturated rings. The van der Waals surface area contributed by atoms with Gasteiger partial charge in [-0.05, 0) is 25.0 Å². The zero-order chi connectivity index (χ0) is 17.6. The number of anilines is 1. The Morgan fingerprint density at radius 3 is 2.68 bits per heavy atom. The van der Waals surface area contributed by atoms with Gasteiger partial charge < -0.3 is 9.47 Å². The van der Waals surface area contributed by atoms with Gasteiger partial charge in [-0.25, -0.2) is 9.97 Å². The van der Waals surface area contributed by atoms with Crippen molar-refractivity contribution < 1.29 is 14.3 Å². The molecule has 25 heavy (non-hydrogen) atoms. The lowest BCUT2D eigenvalue weighted by Crippen LogP contribution is -2.45. The summed E-state index contributed by atoms with van der Waals surface area (Å²) in [6, 6.07) is 5.56. The summed E-state index contributed by atoms with van der Waals surface area (Å²) < 4.78 is 10.7. The maximum Gasteiger partial charge on any atom is 0.239 e. The largest absolute Gasteiger partial charge is 0.497 e. The van der Waals surface area contributed by atoms with Crippen LogP contribution in [0.25, 0.3) is 0 Å². The molecule has 6 nitrogen and oxygen atoms in total. The van der Waals surface area contributed by atoms with Crippen LogP contribution >= 0.6 is 11.6 Å².